The molecular formula is C15H21N3O3. The minimum Gasteiger partial charge on any atom is -0.493 e. The highest BCUT2D eigenvalue weighted by atomic mass is 16.5. The van der Waals surface area contributed by atoms with Crippen molar-refractivity contribution in [3.63, 3.8) is 0 Å². The van der Waals surface area contributed by atoms with E-state index in [4.69, 9.17) is 15.2 Å². The third-order valence-electron chi connectivity index (χ3n) is 2.82. The number of nitrogens with zero attached hydrogens (tertiary/aromatic N) is 2. The monoisotopic (exact) mass is 291 g/mol. The molecule has 1 atom stereocenters. The molecule has 0 aliphatic rings. The summed E-state index contributed by atoms with van der Waals surface area (Å²) in [6.45, 7) is 4.96. The Morgan fingerprint density at radius 3 is 2.86 bits per heavy atom. The fourth-order valence-electron chi connectivity index (χ4n) is 1.89. The van der Waals surface area contributed by atoms with Crippen LogP contribution in [0.2, 0.25) is 0 Å². The molecule has 0 aliphatic carbocycles. The van der Waals surface area contributed by atoms with Gasteiger partial charge in [-0.15, -0.1) is 0 Å². The zero-order valence-electron chi connectivity index (χ0n) is 12.4. The van der Waals surface area contributed by atoms with Crippen molar-refractivity contribution in [1.29, 1.82) is 0 Å². The summed E-state index contributed by atoms with van der Waals surface area (Å²) in [5.74, 6) is 2.03. The van der Waals surface area contributed by atoms with Gasteiger partial charge in [-0.3, -0.25) is 0 Å². The molecule has 0 saturated carbocycles. The molecular weight excluding hydrogens is 270 g/mol. The second-order valence-corrected chi connectivity index (χ2v) is 4.94. The van der Waals surface area contributed by atoms with E-state index in [9.17, 15) is 0 Å². The molecule has 6 heteroatoms. The SMILES string of the molecule is CCCOc1ccc(CC(C)N)c(OCc2ncon2)c1. The van der Waals surface area contributed by atoms with Crippen LogP contribution < -0.4 is 15.2 Å². The number of nitrogens with two attached hydrogens (primary N) is 1. The predicted octanol–water partition coefficient (Wildman–Crippen LogP) is 2.33. The standard InChI is InChI=1S/C15H21N3O3/c1-3-6-19-13-5-4-12(7-11(2)16)14(8-13)20-9-15-17-10-21-18-15/h4-5,8,10-11H,3,6-7,9,16H2,1-2H3. The fraction of sp³-hybridized carbons (Fsp3) is 0.467. The van der Waals surface area contributed by atoms with Gasteiger partial charge in [-0.2, -0.15) is 4.98 Å². The maximum Gasteiger partial charge on any atom is 0.213 e. The lowest BCUT2D eigenvalue weighted by atomic mass is 10.1. The van der Waals surface area contributed by atoms with Gasteiger partial charge in [0.2, 0.25) is 12.2 Å². The highest BCUT2D eigenvalue weighted by Crippen LogP contribution is 2.26. The van der Waals surface area contributed by atoms with Crippen LogP contribution in [-0.2, 0) is 13.0 Å². The summed E-state index contributed by atoms with van der Waals surface area (Å²) in [7, 11) is 0. The average Bonchev–Trinajstić information content (AvgIpc) is 2.97. The molecule has 6 nitrogen and oxygen atoms in total. The van der Waals surface area contributed by atoms with E-state index in [2.05, 4.69) is 21.6 Å². The molecule has 2 rings (SSSR count). The Morgan fingerprint density at radius 2 is 2.19 bits per heavy atom. The summed E-state index contributed by atoms with van der Waals surface area (Å²) < 4.78 is 16.1. The molecule has 1 aromatic heterocycles. The fourth-order valence-corrected chi connectivity index (χ4v) is 1.89. The maximum absolute atomic E-state index is 5.88. The van der Waals surface area contributed by atoms with Crippen molar-refractivity contribution in [2.75, 3.05) is 6.61 Å². The Balaban J connectivity index is 2.11. The van der Waals surface area contributed by atoms with Crippen molar-refractivity contribution in [3.05, 3.63) is 36.0 Å². The van der Waals surface area contributed by atoms with E-state index in [0.717, 1.165) is 29.9 Å². The topological polar surface area (TPSA) is 83.4 Å². The van der Waals surface area contributed by atoms with Crippen molar-refractivity contribution in [2.24, 2.45) is 5.73 Å². The van der Waals surface area contributed by atoms with Gasteiger partial charge in [0.05, 0.1) is 6.61 Å². The lowest BCUT2D eigenvalue weighted by Gasteiger charge is -2.14. The molecule has 2 N–H and O–H groups in total. The van der Waals surface area contributed by atoms with Crippen LogP contribution in [0.3, 0.4) is 0 Å². The summed E-state index contributed by atoms with van der Waals surface area (Å²) in [6, 6.07) is 5.86. The first kappa shape index (κ1) is 15.3. The Kier molecular flexibility index (Phi) is 5.57. The van der Waals surface area contributed by atoms with E-state index in [1.165, 1.54) is 6.39 Å². The van der Waals surface area contributed by atoms with E-state index >= 15 is 0 Å². The van der Waals surface area contributed by atoms with Crippen LogP contribution in [0.1, 0.15) is 31.7 Å². The van der Waals surface area contributed by atoms with Crippen LogP contribution in [0.5, 0.6) is 11.5 Å². The zero-order valence-corrected chi connectivity index (χ0v) is 12.4. The molecule has 0 spiro atoms. The number of ether oxygens (including phenoxy) is 2. The van der Waals surface area contributed by atoms with Crippen LogP contribution in [0, 0.1) is 0 Å². The second-order valence-electron chi connectivity index (χ2n) is 4.94. The van der Waals surface area contributed by atoms with Crippen molar-refractivity contribution in [1.82, 2.24) is 10.1 Å². The van der Waals surface area contributed by atoms with Crippen molar-refractivity contribution < 1.29 is 14.0 Å². The molecule has 1 heterocycles. The van der Waals surface area contributed by atoms with Gasteiger partial charge in [-0.05, 0) is 31.4 Å². The third-order valence-corrected chi connectivity index (χ3v) is 2.82. The molecule has 0 aliphatic heterocycles. The van der Waals surface area contributed by atoms with Gasteiger partial charge in [0.15, 0.2) is 6.61 Å². The van der Waals surface area contributed by atoms with Crippen molar-refractivity contribution in [2.45, 2.75) is 39.3 Å². The highest BCUT2D eigenvalue weighted by molar-refractivity contribution is 5.41. The van der Waals surface area contributed by atoms with Gasteiger partial charge in [0.1, 0.15) is 11.5 Å². The first-order valence-corrected chi connectivity index (χ1v) is 7.08. The number of hydrogen-bond donors (Lipinski definition) is 1. The maximum atomic E-state index is 5.88. The highest BCUT2D eigenvalue weighted by Gasteiger charge is 2.10. The Hall–Kier alpha value is -2.08. The van der Waals surface area contributed by atoms with E-state index in [1.54, 1.807) is 0 Å². The van der Waals surface area contributed by atoms with Gasteiger partial charge in [0, 0.05) is 12.1 Å². The molecule has 114 valence electrons. The third kappa shape index (κ3) is 4.75. The van der Waals surface area contributed by atoms with Crippen molar-refractivity contribution >= 4 is 0 Å². The van der Waals surface area contributed by atoms with Gasteiger partial charge in [0.25, 0.3) is 0 Å². The average molecular weight is 291 g/mol. The van der Waals surface area contributed by atoms with Gasteiger partial charge < -0.3 is 19.7 Å². The molecule has 0 radical (unpaired) electrons. The minimum atomic E-state index is 0.0555. The zero-order chi connectivity index (χ0) is 15.1. The first-order valence-electron chi connectivity index (χ1n) is 7.08. The summed E-state index contributed by atoms with van der Waals surface area (Å²) in [4.78, 5) is 3.94. The van der Waals surface area contributed by atoms with Gasteiger partial charge >= 0.3 is 0 Å². The first-order chi connectivity index (χ1) is 10.2. The normalized spacial score (nSPS) is 12.1. The number of hydrogen-bond acceptors (Lipinski definition) is 6. The second kappa shape index (κ2) is 7.64. The van der Waals surface area contributed by atoms with Crippen LogP contribution >= 0.6 is 0 Å². The molecule has 2 aromatic rings. The Morgan fingerprint density at radius 1 is 1.33 bits per heavy atom. The molecule has 0 amide bonds. The smallest absolute Gasteiger partial charge is 0.213 e. The molecule has 0 fully saturated rings. The number of aromatic nitrogens is 2. The number of benzene rings is 1. The summed E-state index contributed by atoms with van der Waals surface area (Å²) >= 11 is 0. The van der Waals surface area contributed by atoms with Gasteiger partial charge in [-0.25, -0.2) is 0 Å². The van der Waals surface area contributed by atoms with E-state index in [1.807, 2.05) is 25.1 Å². The lowest BCUT2D eigenvalue weighted by molar-refractivity contribution is 0.277. The number of rotatable bonds is 8. The molecule has 1 aromatic carbocycles. The van der Waals surface area contributed by atoms with Crippen LogP contribution in [0.15, 0.2) is 29.1 Å². The van der Waals surface area contributed by atoms with E-state index in [-0.39, 0.29) is 12.6 Å². The lowest BCUT2D eigenvalue weighted by Crippen LogP contribution is -2.18. The van der Waals surface area contributed by atoms with Gasteiger partial charge in [-0.1, -0.05) is 18.1 Å². The van der Waals surface area contributed by atoms with Crippen LogP contribution in [0.4, 0.5) is 0 Å². The van der Waals surface area contributed by atoms with Crippen LogP contribution in [0.25, 0.3) is 0 Å². The summed E-state index contributed by atoms with van der Waals surface area (Å²) in [6.07, 6.45) is 2.97. The minimum absolute atomic E-state index is 0.0555. The predicted molar refractivity (Wildman–Crippen MR) is 78.2 cm³/mol. The molecule has 1 unspecified atom stereocenters. The Bertz CT molecular complexity index is 541. The quantitative estimate of drug-likeness (QED) is 0.803. The summed E-state index contributed by atoms with van der Waals surface area (Å²) in [5, 5.41) is 3.73. The van der Waals surface area contributed by atoms with E-state index < -0.39 is 0 Å². The molecule has 21 heavy (non-hydrogen) atoms. The summed E-state index contributed by atoms with van der Waals surface area (Å²) in [5.41, 5.74) is 6.92. The van der Waals surface area contributed by atoms with E-state index in [0.29, 0.717) is 12.4 Å². The van der Waals surface area contributed by atoms with Crippen molar-refractivity contribution in [3.8, 4) is 11.5 Å². The Labute approximate surface area is 124 Å². The molecule has 0 bridgehead atoms. The van der Waals surface area contributed by atoms with Crippen LogP contribution in [-0.4, -0.2) is 22.8 Å². The largest absolute Gasteiger partial charge is 0.493 e. The molecule has 0 saturated heterocycles.